The molecule has 0 heterocycles. The lowest BCUT2D eigenvalue weighted by Crippen LogP contribution is -2.38. The summed E-state index contributed by atoms with van der Waals surface area (Å²) in [6.07, 6.45) is 3.15. The Morgan fingerprint density at radius 2 is 1.89 bits per heavy atom. The minimum atomic E-state index is -0.825. The Kier molecular flexibility index (Phi) is 8.29. The van der Waals surface area contributed by atoms with Gasteiger partial charge in [-0.25, -0.2) is 5.43 Å². The Morgan fingerprint density at radius 1 is 1.11 bits per heavy atom. The maximum atomic E-state index is 11.7. The summed E-state index contributed by atoms with van der Waals surface area (Å²) in [5.41, 5.74) is 5.34. The van der Waals surface area contributed by atoms with Gasteiger partial charge in [0, 0.05) is 33.5 Å². The van der Waals surface area contributed by atoms with Crippen LogP contribution in [-0.2, 0) is 9.59 Å². The normalized spacial score (nSPS) is 10.7. The number of unbranched alkanes of at least 4 members (excludes halogenated alkanes) is 1. The second kappa shape index (κ2) is 10.7. The third kappa shape index (κ3) is 6.55. The van der Waals surface area contributed by atoms with Gasteiger partial charge in [-0.3, -0.25) is 9.59 Å². The lowest BCUT2D eigenvalue weighted by Gasteiger charge is -2.11. The number of hydrogen-bond donors (Lipinski definition) is 3. The van der Waals surface area contributed by atoms with Gasteiger partial charge < -0.3 is 10.6 Å². The molecular formula is C20H22Cl2N4O2. The van der Waals surface area contributed by atoms with Crippen LogP contribution in [0.3, 0.4) is 0 Å². The van der Waals surface area contributed by atoms with E-state index in [-0.39, 0.29) is 0 Å². The molecule has 148 valence electrons. The monoisotopic (exact) mass is 420 g/mol. The summed E-state index contributed by atoms with van der Waals surface area (Å²) in [5, 5.41) is 10.8. The van der Waals surface area contributed by atoms with E-state index in [9.17, 15) is 9.59 Å². The molecular weight excluding hydrogens is 399 g/mol. The van der Waals surface area contributed by atoms with E-state index in [1.54, 1.807) is 18.2 Å². The van der Waals surface area contributed by atoms with Crippen LogP contribution in [-0.4, -0.2) is 24.6 Å². The first-order chi connectivity index (χ1) is 13.4. The largest absolute Gasteiger partial charge is 0.355 e. The fraction of sp³-hybridized carbons (Fsp3) is 0.250. The standard InChI is InChI=1S/C20H22Cl2N4O2/c1-3-4-9-23-19(27)20(28)26-24-12-14-10-15(21)6-8-18(14)25-16-7-5-13(2)17(22)11-16/h5-8,10-12,25H,3-4,9H2,1-2H3,(H,23,27)(H,26,28)/b24-12-. The predicted octanol–water partition coefficient (Wildman–Crippen LogP) is 4.41. The Hall–Kier alpha value is -2.57. The summed E-state index contributed by atoms with van der Waals surface area (Å²) < 4.78 is 0. The summed E-state index contributed by atoms with van der Waals surface area (Å²) >= 11 is 12.2. The van der Waals surface area contributed by atoms with Crippen LogP contribution < -0.4 is 16.1 Å². The number of carbonyl (C=O) groups is 2. The molecule has 0 aliphatic rings. The molecule has 2 rings (SSSR count). The molecule has 0 bridgehead atoms. The van der Waals surface area contributed by atoms with E-state index in [1.807, 2.05) is 32.0 Å². The quantitative estimate of drug-likeness (QED) is 0.268. The second-order valence-corrected chi connectivity index (χ2v) is 6.97. The van der Waals surface area contributed by atoms with E-state index in [1.165, 1.54) is 6.21 Å². The maximum absolute atomic E-state index is 11.7. The molecule has 0 saturated carbocycles. The van der Waals surface area contributed by atoms with E-state index in [2.05, 4.69) is 21.2 Å². The van der Waals surface area contributed by atoms with Gasteiger partial charge in [-0.2, -0.15) is 5.10 Å². The molecule has 3 N–H and O–H groups in total. The van der Waals surface area contributed by atoms with Crippen LogP contribution in [0.25, 0.3) is 0 Å². The molecule has 0 radical (unpaired) electrons. The molecule has 6 nitrogen and oxygen atoms in total. The van der Waals surface area contributed by atoms with Crippen LogP contribution in [0.4, 0.5) is 11.4 Å². The van der Waals surface area contributed by atoms with Gasteiger partial charge in [0.1, 0.15) is 0 Å². The molecule has 0 atom stereocenters. The summed E-state index contributed by atoms with van der Waals surface area (Å²) in [6, 6.07) is 10.8. The van der Waals surface area contributed by atoms with Crippen LogP contribution in [0.2, 0.25) is 10.0 Å². The van der Waals surface area contributed by atoms with Crippen molar-refractivity contribution in [3.05, 3.63) is 57.6 Å². The smallest absolute Gasteiger partial charge is 0.329 e. The molecule has 0 aliphatic heterocycles. The average molecular weight is 421 g/mol. The maximum Gasteiger partial charge on any atom is 0.329 e. The molecule has 0 unspecified atom stereocenters. The highest BCUT2D eigenvalue weighted by molar-refractivity contribution is 6.35. The Balaban J connectivity index is 2.07. The van der Waals surface area contributed by atoms with Crippen molar-refractivity contribution in [3.63, 3.8) is 0 Å². The highest BCUT2D eigenvalue weighted by atomic mass is 35.5. The van der Waals surface area contributed by atoms with Crippen molar-refractivity contribution < 1.29 is 9.59 Å². The molecule has 2 aromatic carbocycles. The van der Waals surface area contributed by atoms with Crippen molar-refractivity contribution >= 4 is 52.6 Å². The number of nitrogens with zero attached hydrogens (tertiary/aromatic N) is 1. The van der Waals surface area contributed by atoms with Crippen LogP contribution >= 0.6 is 23.2 Å². The van der Waals surface area contributed by atoms with Crippen molar-refractivity contribution in [3.8, 4) is 0 Å². The number of aryl methyl sites for hydroxylation is 1. The average Bonchev–Trinajstić information content (AvgIpc) is 2.66. The van der Waals surface area contributed by atoms with E-state index in [0.717, 1.165) is 29.8 Å². The number of nitrogens with one attached hydrogen (secondary N) is 3. The number of benzene rings is 2. The molecule has 0 spiro atoms. The zero-order chi connectivity index (χ0) is 20.5. The first-order valence-electron chi connectivity index (χ1n) is 8.84. The Labute approximate surface area is 174 Å². The van der Waals surface area contributed by atoms with Crippen LogP contribution in [0.1, 0.15) is 30.9 Å². The second-order valence-electron chi connectivity index (χ2n) is 6.13. The number of carbonyl (C=O) groups excluding carboxylic acids is 2. The molecule has 2 aromatic rings. The number of hydrazone groups is 1. The van der Waals surface area contributed by atoms with E-state index >= 15 is 0 Å². The Morgan fingerprint density at radius 3 is 2.61 bits per heavy atom. The highest BCUT2D eigenvalue weighted by Gasteiger charge is 2.11. The van der Waals surface area contributed by atoms with Gasteiger partial charge in [-0.15, -0.1) is 0 Å². The molecule has 8 heteroatoms. The van der Waals surface area contributed by atoms with Gasteiger partial charge in [-0.05, 0) is 49.2 Å². The zero-order valence-electron chi connectivity index (χ0n) is 15.7. The third-order valence-corrected chi connectivity index (χ3v) is 4.50. The molecule has 0 fully saturated rings. The first-order valence-corrected chi connectivity index (χ1v) is 9.60. The van der Waals surface area contributed by atoms with Crippen LogP contribution in [0.15, 0.2) is 41.5 Å². The van der Waals surface area contributed by atoms with Gasteiger partial charge in [0.15, 0.2) is 0 Å². The SMILES string of the molecule is CCCCNC(=O)C(=O)N/N=C\c1cc(Cl)ccc1Nc1ccc(C)c(Cl)c1. The fourth-order valence-corrected chi connectivity index (χ4v) is 2.61. The van der Waals surface area contributed by atoms with Gasteiger partial charge in [0.25, 0.3) is 0 Å². The Bertz CT molecular complexity index is 885. The number of amides is 2. The summed E-state index contributed by atoms with van der Waals surface area (Å²) in [4.78, 5) is 23.4. The minimum Gasteiger partial charge on any atom is -0.355 e. The van der Waals surface area contributed by atoms with Crippen molar-refractivity contribution in [2.24, 2.45) is 5.10 Å². The lowest BCUT2D eigenvalue weighted by atomic mass is 10.1. The van der Waals surface area contributed by atoms with Crippen LogP contribution in [0, 0.1) is 6.92 Å². The van der Waals surface area contributed by atoms with E-state index in [4.69, 9.17) is 23.2 Å². The molecule has 0 aliphatic carbocycles. The summed E-state index contributed by atoms with van der Waals surface area (Å²) in [6.45, 7) is 4.37. The third-order valence-electron chi connectivity index (χ3n) is 3.86. The van der Waals surface area contributed by atoms with E-state index < -0.39 is 11.8 Å². The van der Waals surface area contributed by atoms with Gasteiger partial charge in [-0.1, -0.05) is 42.6 Å². The van der Waals surface area contributed by atoms with Crippen LogP contribution in [0.5, 0.6) is 0 Å². The number of hydrogen-bond acceptors (Lipinski definition) is 4. The molecule has 0 saturated heterocycles. The van der Waals surface area contributed by atoms with E-state index in [0.29, 0.717) is 22.2 Å². The molecule has 28 heavy (non-hydrogen) atoms. The zero-order valence-corrected chi connectivity index (χ0v) is 17.2. The minimum absolute atomic E-state index is 0.452. The van der Waals surface area contributed by atoms with Crippen molar-refractivity contribution in [2.45, 2.75) is 26.7 Å². The summed E-state index contributed by atoms with van der Waals surface area (Å²) in [5.74, 6) is -1.54. The molecule has 2 amide bonds. The number of anilines is 2. The number of rotatable bonds is 7. The van der Waals surface area contributed by atoms with Gasteiger partial charge in [0.05, 0.1) is 6.21 Å². The topological polar surface area (TPSA) is 82.6 Å². The predicted molar refractivity (Wildman–Crippen MR) is 115 cm³/mol. The fourth-order valence-electron chi connectivity index (χ4n) is 2.25. The van der Waals surface area contributed by atoms with Crippen molar-refractivity contribution in [1.29, 1.82) is 0 Å². The first kappa shape index (κ1) is 21.7. The summed E-state index contributed by atoms with van der Waals surface area (Å²) in [7, 11) is 0. The lowest BCUT2D eigenvalue weighted by molar-refractivity contribution is -0.139. The highest BCUT2D eigenvalue weighted by Crippen LogP contribution is 2.26. The number of halogens is 2. The van der Waals surface area contributed by atoms with Crippen molar-refractivity contribution in [1.82, 2.24) is 10.7 Å². The van der Waals surface area contributed by atoms with Gasteiger partial charge >= 0.3 is 11.8 Å². The van der Waals surface area contributed by atoms with Gasteiger partial charge in [0.2, 0.25) is 0 Å². The van der Waals surface area contributed by atoms with Crippen molar-refractivity contribution in [2.75, 3.05) is 11.9 Å². The molecule has 0 aromatic heterocycles.